The largest absolute Gasteiger partial charge is 0.465 e. The molecule has 3 nitrogen and oxygen atoms in total. The van der Waals surface area contributed by atoms with Crippen LogP contribution >= 0.6 is 0 Å². The zero-order valence-corrected chi connectivity index (χ0v) is 9.47. The molecule has 0 aliphatic rings. The SMILES string of the molecule is Cc1ccccc1-c1ccccc1NC(=O)O. The summed E-state index contributed by atoms with van der Waals surface area (Å²) in [6, 6.07) is 15.3. The number of nitrogens with one attached hydrogen (secondary N) is 1. The highest BCUT2D eigenvalue weighted by Gasteiger charge is 2.08. The molecule has 0 saturated heterocycles. The summed E-state index contributed by atoms with van der Waals surface area (Å²) in [6.45, 7) is 2.01. The van der Waals surface area contributed by atoms with E-state index in [1.807, 2.05) is 49.4 Å². The number of carboxylic acid groups (broad SMARTS) is 1. The zero-order valence-electron chi connectivity index (χ0n) is 9.47. The summed E-state index contributed by atoms with van der Waals surface area (Å²) in [5.41, 5.74) is 3.66. The number of anilines is 1. The van der Waals surface area contributed by atoms with E-state index in [1.54, 1.807) is 6.07 Å². The average molecular weight is 227 g/mol. The predicted octanol–water partition coefficient (Wildman–Crippen LogP) is 3.75. The molecule has 0 aliphatic heterocycles. The molecule has 0 saturated carbocycles. The van der Waals surface area contributed by atoms with Crippen molar-refractivity contribution in [2.75, 3.05) is 5.32 Å². The van der Waals surface area contributed by atoms with Crippen molar-refractivity contribution in [1.82, 2.24) is 0 Å². The van der Waals surface area contributed by atoms with Gasteiger partial charge < -0.3 is 5.11 Å². The van der Waals surface area contributed by atoms with Crippen LogP contribution in [0.3, 0.4) is 0 Å². The van der Waals surface area contributed by atoms with Crippen LogP contribution in [0.15, 0.2) is 48.5 Å². The minimum atomic E-state index is -1.05. The molecule has 0 bridgehead atoms. The second kappa shape index (κ2) is 4.70. The van der Waals surface area contributed by atoms with Crippen LogP contribution in [0.4, 0.5) is 10.5 Å². The first kappa shape index (κ1) is 11.2. The molecule has 0 atom stereocenters. The Morgan fingerprint density at radius 1 is 1.00 bits per heavy atom. The summed E-state index contributed by atoms with van der Waals surface area (Å²) < 4.78 is 0. The maximum absolute atomic E-state index is 10.7. The maximum Gasteiger partial charge on any atom is 0.409 e. The van der Waals surface area contributed by atoms with E-state index >= 15 is 0 Å². The summed E-state index contributed by atoms with van der Waals surface area (Å²) in [5, 5.41) is 11.2. The third kappa shape index (κ3) is 2.45. The molecule has 17 heavy (non-hydrogen) atoms. The van der Waals surface area contributed by atoms with Gasteiger partial charge in [-0.05, 0) is 24.1 Å². The van der Waals surface area contributed by atoms with Gasteiger partial charge in [-0.2, -0.15) is 0 Å². The van der Waals surface area contributed by atoms with Crippen molar-refractivity contribution in [3.8, 4) is 11.1 Å². The van der Waals surface area contributed by atoms with Gasteiger partial charge in [-0.15, -0.1) is 0 Å². The van der Waals surface area contributed by atoms with Gasteiger partial charge in [0.2, 0.25) is 0 Å². The van der Waals surface area contributed by atoms with Crippen LogP contribution in [0.25, 0.3) is 11.1 Å². The van der Waals surface area contributed by atoms with Gasteiger partial charge in [-0.3, -0.25) is 5.32 Å². The molecule has 2 aromatic rings. The second-order valence-electron chi connectivity index (χ2n) is 3.79. The van der Waals surface area contributed by atoms with E-state index in [1.165, 1.54) is 0 Å². The quantitative estimate of drug-likeness (QED) is 0.820. The molecule has 0 aromatic heterocycles. The fraction of sp³-hybridized carbons (Fsp3) is 0.0714. The van der Waals surface area contributed by atoms with E-state index in [4.69, 9.17) is 5.11 Å². The van der Waals surface area contributed by atoms with Crippen molar-refractivity contribution >= 4 is 11.8 Å². The van der Waals surface area contributed by atoms with E-state index in [2.05, 4.69) is 5.32 Å². The van der Waals surface area contributed by atoms with Crippen LogP contribution in [0.2, 0.25) is 0 Å². The van der Waals surface area contributed by atoms with Crippen molar-refractivity contribution in [3.63, 3.8) is 0 Å². The van der Waals surface area contributed by atoms with Crippen LogP contribution in [-0.4, -0.2) is 11.2 Å². The first-order valence-electron chi connectivity index (χ1n) is 5.33. The lowest BCUT2D eigenvalue weighted by molar-refractivity contribution is 0.210. The number of para-hydroxylation sites is 1. The van der Waals surface area contributed by atoms with Gasteiger partial charge in [0.25, 0.3) is 0 Å². The highest BCUT2D eigenvalue weighted by Crippen LogP contribution is 2.29. The lowest BCUT2D eigenvalue weighted by Gasteiger charge is -2.11. The lowest BCUT2D eigenvalue weighted by atomic mass is 9.99. The number of carbonyl (C=O) groups is 1. The fourth-order valence-corrected chi connectivity index (χ4v) is 1.82. The topological polar surface area (TPSA) is 49.3 Å². The third-order valence-electron chi connectivity index (χ3n) is 2.60. The number of rotatable bonds is 2. The van der Waals surface area contributed by atoms with Gasteiger partial charge >= 0.3 is 6.09 Å². The van der Waals surface area contributed by atoms with E-state index in [-0.39, 0.29) is 0 Å². The molecule has 0 fully saturated rings. The van der Waals surface area contributed by atoms with Crippen LogP contribution in [-0.2, 0) is 0 Å². The Labute approximate surface area is 99.7 Å². The molecule has 0 spiro atoms. The van der Waals surface area contributed by atoms with Crippen LogP contribution in [0, 0.1) is 6.92 Å². The standard InChI is InChI=1S/C14H13NO2/c1-10-6-2-3-7-11(10)12-8-4-5-9-13(12)15-14(16)17/h2-9,15H,1H3,(H,16,17). The van der Waals surface area contributed by atoms with Gasteiger partial charge in [0.1, 0.15) is 0 Å². The van der Waals surface area contributed by atoms with Crippen molar-refractivity contribution in [2.24, 2.45) is 0 Å². The molecule has 2 N–H and O–H groups in total. The molecule has 3 heteroatoms. The Hall–Kier alpha value is -2.29. The monoisotopic (exact) mass is 227 g/mol. The Bertz CT molecular complexity index is 549. The zero-order chi connectivity index (χ0) is 12.3. The molecule has 0 unspecified atom stereocenters. The van der Waals surface area contributed by atoms with E-state index in [9.17, 15) is 4.79 Å². The first-order chi connectivity index (χ1) is 8.18. The molecule has 0 heterocycles. The number of aryl methyl sites for hydroxylation is 1. The van der Waals surface area contributed by atoms with Crippen LogP contribution in [0.5, 0.6) is 0 Å². The van der Waals surface area contributed by atoms with Gasteiger partial charge in [-0.1, -0.05) is 42.5 Å². The average Bonchev–Trinajstić information content (AvgIpc) is 2.30. The maximum atomic E-state index is 10.7. The smallest absolute Gasteiger partial charge is 0.409 e. The molecular weight excluding hydrogens is 214 g/mol. The van der Waals surface area contributed by atoms with Gasteiger partial charge in [0, 0.05) is 5.56 Å². The van der Waals surface area contributed by atoms with Gasteiger partial charge in [0.15, 0.2) is 0 Å². The Balaban J connectivity index is 2.52. The van der Waals surface area contributed by atoms with E-state index in [0.717, 1.165) is 16.7 Å². The minimum absolute atomic E-state index is 0.606. The number of hydrogen-bond donors (Lipinski definition) is 2. The van der Waals surface area contributed by atoms with E-state index < -0.39 is 6.09 Å². The summed E-state index contributed by atoms with van der Waals surface area (Å²) in [7, 11) is 0. The number of amides is 1. The highest BCUT2D eigenvalue weighted by atomic mass is 16.4. The van der Waals surface area contributed by atoms with Crippen molar-refractivity contribution in [2.45, 2.75) is 6.92 Å². The fourth-order valence-electron chi connectivity index (χ4n) is 1.82. The minimum Gasteiger partial charge on any atom is -0.465 e. The van der Waals surface area contributed by atoms with Crippen LogP contribution in [0.1, 0.15) is 5.56 Å². The van der Waals surface area contributed by atoms with Crippen LogP contribution < -0.4 is 5.32 Å². The molecule has 0 aliphatic carbocycles. The Morgan fingerprint density at radius 2 is 1.59 bits per heavy atom. The summed E-state index contributed by atoms with van der Waals surface area (Å²) >= 11 is 0. The predicted molar refractivity (Wildman–Crippen MR) is 68.3 cm³/mol. The summed E-state index contributed by atoms with van der Waals surface area (Å²) in [4.78, 5) is 10.7. The Morgan fingerprint density at radius 3 is 2.24 bits per heavy atom. The Kier molecular flexibility index (Phi) is 3.10. The number of benzene rings is 2. The highest BCUT2D eigenvalue weighted by molar-refractivity contribution is 5.91. The number of hydrogen-bond acceptors (Lipinski definition) is 1. The molecule has 86 valence electrons. The molecule has 0 radical (unpaired) electrons. The molecule has 2 rings (SSSR count). The van der Waals surface area contributed by atoms with Gasteiger partial charge in [-0.25, -0.2) is 4.79 Å². The first-order valence-corrected chi connectivity index (χ1v) is 5.33. The lowest BCUT2D eigenvalue weighted by Crippen LogP contribution is -2.08. The van der Waals surface area contributed by atoms with Crippen molar-refractivity contribution < 1.29 is 9.90 Å². The molecule has 2 aromatic carbocycles. The second-order valence-corrected chi connectivity index (χ2v) is 3.79. The van der Waals surface area contributed by atoms with Gasteiger partial charge in [0.05, 0.1) is 5.69 Å². The molecular formula is C14H13NO2. The van der Waals surface area contributed by atoms with Crippen molar-refractivity contribution in [3.05, 3.63) is 54.1 Å². The summed E-state index contributed by atoms with van der Waals surface area (Å²) in [5.74, 6) is 0. The molecule has 1 amide bonds. The normalized spacial score (nSPS) is 9.94. The summed E-state index contributed by atoms with van der Waals surface area (Å²) in [6.07, 6.45) is -1.05. The van der Waals surface area contributed by atoms with Crippen molar-refractivity contribution in [1.29, 1.82) is 0 Å². The third-order valence-corrected chi connectivity index (χ3v) is 2.60. The van der Waals surface area contributed by atoms with E-state index in [0.29, 0.717) is 5.69 Å².